The van der Waals surface area contributed by atoms with Crippen LogP contribution in [0.15, 0.2) is 12.5 Å². The number of nitrogens with zero attached hydrogens (tertiary/aromatic N) is 3. The van der Waals surface area contributed by atoms with Crippen molar-refractivity contribution in [2.75, 3.05) is 13.2 Å². The number of piperidine rings is 1. The van der Waals surface area contributed by atoms with Crippen LogP contribution in [0.5, 0.6) is 0 Å². The Bertz CT molecular complexity index is 360. The molecular formula is C14H25N3O. The van der Waals surface area contributed by atoms with Gasteiger partial charge in [-0.15, -0.1) is 0 Å². The fourth-order valence-electron chi connectivity index (χ4n) is 2.87. The summed E-state index contributed by atoms with van der Waals surface area (Å²) in [5.41, 5.74) is 1.29. The lowest BCUT2D eigenvalue weighted by molar-refractivity contribution is 0.109. The van der Waals surface area contributed by atoms with Gasteiger partial charge in [0, 0.05) is 31.4 Å². The van der Waals surface area contributed by atoms with Gasteiger partial charge in [-0.1, -0.05) is 6.42 Å². The summed E-state index contributed by atoms with van der Waals surface area (Å²) in [6.45, 7) is 6.78. The van der Waals surface area contributed by atoms with Gasteiger partial charge in [0.05, 0.1) is 12.0 Å². The highest BCUT2D eigenvalue weighted by molar-refractivity contribution is 5.00. The first kappa shape index (κ1) is 13.6. The van der Waals surface area contributed by atoms with Gasteiger partial charge in [-0.3, -0.25) is 4.90 Å². The predicted molar refractivity (Wildman–Crippen MR) is 72.4 cm³/mol. The van der Waals surface area contributed by atoms with Crippen LogP contribution in [-0.2, 0) is 6.54 Å². The third-order valence-electron chi connectivity index (χ3n) is 3.88. The van der Waals surface area contributed by atoms with Gasteiger partial charge >= 0.3 is 0 Å². The van der Waals surface area contributed by atoms with Gasteiger partial charge < -0.3 is 9.67 Å². The molecule has 1 saturated heterocycles. The van der Waals surface area contributed by atoms with Crippen molar-refractivity contribution in [1.82, 2.24) is 14.5 Å². The smallest absolute Gasteiger partial charge is 0.0951 e. The van der Waals surface area contributed by atoms with Crippen LogP contribution < -0.4 is 0 Å². The van der Waals surface area contributed by atoms with Crippen molar-refractivity contribution < 1.29 is 5.11 Å². The highest BCUT2D eigenvalue weighted by Crippen LogP contribution is 2.22. The normalized spacial score (nSPS) is 21.7. The van der Waals surface area contributed by atoms with E-state index in [9.17, 15) is 0 Å². The number of imidazole rings is 1. The summed E-state index contributed by atoms with van der Waals surface area (Å²) in [4.78, 5) is 6.78. The van der Waals surface area contributed by atoms with Crippen molar-refractivity contribution in [3.63, 3.8) is 0 Å². The number of rotatable bonds is 5. The van der Waals surface area contributed by atoms with E-state index in [1.54, 1.807) is 0 Å². The summed E-state index contributed by atoms with van der Waals surface area (Å²) < 4.78 is 2.24. The van der Waals surface area contributed by atoms with E-state index in [0.717, 1.165) is 19.5 Å². The molecule has 0 saturated carbocycles. The van der Waals surface area contributed by atoms with Crippen molar-refractivity contribution in [3.8, 4) is 0 Å². The van der Waals surface area contributed by atoms with Crippen molar-refractivity contribution >= 4 is 0 Å². The van der Waals surface area contributed by atoms with Gasteiger partial charge in [-0.05, 0) is 39.7 Å². The Morgan fingerprint density at radius 1 is 1.44 bits per heavy atom. The fourth-order valence-corrected chi connectivity index (χ4v) is 2.87. The molecule has 102 valence electrons. The van der Waals surface area contributed by atoms with Crippen LogP contribution in [0.1, 0.15) is 51.3 Å². The van der Waals surface area contributed by atoms with Crippen LogP contribution in [0.2, 0.25) is 0 Å². The topological polar surface area (TPSA) is 41.3 Å². The summed E-state index contributed by atoms with van der Waals surface area (Å²) in [6, 6.07) is 1.00. The van der Waals surface area contributed by atoms with Crippen LogP contribution in [0, 0.1) is 0 Å². The summed E-state index contributed by atoms with van der Waals surface area (Å²) in [7, 11) is 0. The first-order valence-corrected chi connectivity index (χ1v) is 7.08. The minimum Gasteiger partial charge on any atom is -0.396 e. The molecule has 1 aromatic heterocycles. The lowest BCUT2D eigenvalue weighted by Crippen LogP contribution is -2.39. The number of hydrogen-bond donors (Lipinski definition) is 1. The van der Waals surface area contributed by atoms with E-state index in [4.69, 9.17) is 5.11 Å². The van der Waals surface area contributed by atoms with E-state index in [-0.39, 0.29) is 0 Å². The average molecular weight is 251 g/mol. The van der Waals surface area contributed by atoms with E-state index in [1.807, 2.05) is 12.5 Å². The zero-order chi connectivity index (χ0) is 13.0. The predicted octanol–water partition coefficient (Wildman–Crippen LogP) is 2.20. The number of aliphatic hydroxyl groups is 1. The number of hydrogen-bond acceptors (Lipinski definition) is 3. The minimum atomic E-state index is 0.296. The van der Waals surface area contributed by atoms with E-state index >= 15 is 0 Å². The Kier molecular flexibility index (Phi) is 4.78. The van der Waals surface area contributed by atoms with Gasteiger partial charge in [0.25, 0.3) is 0 Å². The monoisotopic (exact) mass is 251 g/mol. The second kappa shape index (κ2) is 6.34. The molecule has 2 heterocycles. The number of aromatic nitrogens is 2. The number of likely N-dealkylation sites (tertiary alicyclic amines) is 1. The van der Waals surface area contributed by atoms with Crippen LogP contribution in [0.25, 0.3) is 0 Å². The molecule has 1 aliphatic rings. The van der Waals surface area contributed by atoms with E-state index < -0.39 is 0 Å². The second-order valence-electron chi connectivity index (χ2n) is 5.52. The third-order valence-corrected chi connectivity index (χ3v) is 3.88. The average Bonchev–Trinajstić information content (AvgIpc) is 2.80. The molecule has 4 heteroatoms. The maximum absolute atomic E-state index is 9.16. The van der Waals surface area contributed by atoms with Crippen LogP contribution in [0.4, 0.5) is 0 Å². The molecule has 0 radical (unpaired) electrons. The molecule has 0 spiro atoms. The van der Waals surface area contributed by atoms with Gasteiger partial charge in [0.2, 0.25) is 0 Å². The maximum atomic E-state index is 9.16. The molecule has 1 atom stereocenters. The fraction of sp³-hybridized carbons (Fsp3) is 0.786. The van der Waals surface area contributed by atoms with Crippen molar-refractivity contribution in [2.24, 2.45) is 0 Å². The highest BCUT2D eigenvalue weighted by Gasteiger charge is 2.23. The van der Waals surface area contributed by atoms with E-state index in [2.05, 4.69) is 28.3 Å². The van der Waals surface area contributed by atoms with Crippen LogP contribution in [0.3, 0.4) is 0 Å². The van der Waals surface area contributed by atoms with Gasteiger partial charge in [-0.2, -0.15) is 0 Å². The lowest BCUT2D eigenvalue weighted by atomic mass is 9.99. The quantitative estimate of drug-likeness (QED) is 0.872. The second-order valence-corrected chi connectivity index (χ2v) is 5.52. The standard InChI is InChI=1S/C14H25N3O/c1-12(2)17-11-15-9-14(17)10-16-7-4-3-5-13(16)6-8-18/h9,11-13,18H,3-8,10H2,1-2H3. The summed E-state index contributed by atoms with van der Waals surface area (Å²) in [6.07, 6.45) is 8.59. The molecule has 1 unspecified atom stereocenters. The first-order valence-electron chi connectivity index (χ1n) is 7.08. The molecule has 1 aromatic rings. The molecule has 1 fully saturated rings. The SMILES string of the molecule is CC(C)n1cncc1CN1CCCCC1CCO. The molecule has 0 aliphatic carbocycles. The Morgan fingerprint density at radius 2 is 2.28 bits per heavy atom. The van der Waals surface area contributed by atoms with Crippen LogP contribution >= 0.6 is 0 Å². The molecule has 4 nitrogen and oxygen atoms in total. The largest absolute Gasteiger partial charge is 0.396 e. The minimum absolute atomic E-state index is 0.296. The summed E-state index contributed by atoms with van der Waals surface area (Å²) in [5.74, 6) is 0. The van der Waals surface area contributed by atoms with Crippen molar-refractivity contribution in [1.29, 1.82) is 0 Å². The maximum Gasteiger partial charge on any atom is 0.0951 e. The summed E-state index contributed by atoms with van der Waals surface area (Å²) >= 11 is 0. The molecule has 0 amide bonds. The Balaban J connectivity index is 2.03. The summed E-state index contributed by atoms with van der Waals surface area (Å²) in [5, 5.41) is 9.16. The third kappa shape index (κ3) is 3.12. The zero-order valence-electron chi connectivity index (χ0n) is 11.5. The molecular weight excluding hydrogens is 226 g/mol. The van der Waals surface area contributed by atoms with Gasteiger partial charge in [0.15, 0.2) is 0 Å². The van der Waals surface area contributed by atoms with Crippen molar-refractivity contribution in [3.05, 3.63) is 18.2 Å². The van der Waals surface area contributed by atoms with E-state index in [1.165, 1.54) is 25.0 Å². The van der Waals surface area contributed by atoms with Gasteiger partial charge in [0.1, 0.15) is 0 Å². The molecule has 1 aliphatic heterocycles. The number of aliphatic hydroxyl groups excluding tert-OH is 1. The molecule has 18 heavy (non-hydrogen) atoms. The Labute approximate surface area is 110 Å². The van der Waals surface area contributed by atoms with Crippen LogP contribution in [-0.4, -0.2) is 38.8 Å². The van der Waals surface area contributed by atoms with Crippen molar-refractivity contribution in [2.45, 2.75) is 58.2 Å². The highest BCUT2D eigenvalue weighted by atomic mass is 16.3. The van der Waals surface area contributed by atoms with Gasteiger partial charge in [-0.25, -0.2) is 4.98 Å². The molecule has 0 aromatic carbocycles. The first-order chi connectivity index (χ1) is 8.72. The molecule has 0 bridgehead atoms. The van der Waals surface area contributed by atoms with E-state index in [0.29, 0.717) is 18.7 Å². The molecule has 1 N–H and O–H groups in total. The molecule has 2 rings (SSSR count). The Hall–Kier alpha value is -0.870. The Morgan fingerprint density at radius 3 is 3.00 bits per heavy atom. The zero-order valence-corrected chi connectivity index (χ0v) is 11.5. The lowest BCUT2D eigenvalue weighted by Gasteiger charge is -2.35.